The van der Waals surface area contributed by atoms with E-state index >= 15 is 0 Å². The van der Waals surface area contributed by atoms with Gasteiger partial charge in [0, 0.05) is 13.0 Å². The molecule has 3 rings (SSSR count). The molecular formula is C14H14N4O2. The Morgan fingerprint density at radius 2 is 2.25 bits per heavy atom. The van der Waals surface area contributed by atoms with Crippen LogP contribution in [0.5, 0.6) is 0 Å². The maximum absolute atomic E-state index is 10.9. The van der Waals surface area contributed by atoms with Gasteiger partial charge in [0.15, 0.2) is 5.82 Å². The van der Waals surface area contributed by atoms with E-state index in [-0.39, 0.29) is 5.78 Å². The van der Waals surface area contributed by atoms with E-state index < -0.39 is 0 Å². The number of imidazole rings is 1. The van der Waals surface area contributed by atoms with Gasteiger partial charge in [-0.05, 0) is 19.1 Å². The van der Waals surface area contributed by atoms with E-state index in [1.165, 1.54) is 6.26 Å². The Kier molecular flexibility index (Phi) is 3.20. The fourth-order valence-corrected chi connectivity index (χ4v) is 1.97. The van der Waals surface area contributed by atoms with Crippen molar-refractivity contribution < 1.29 is 9.32 Å². The summed E-state index contributed by atoms with van der Waals surface area (Å²) in [6.45, 7) is 2.08. The molecule has 0 spiro atoms. The van der Waals surface area contributed by atoms with Crippen molar-refractivity contribution in [3.05, 3.63) is 30.5 Å². The summed E-state index contributed by atoms with van der Waals surface area (Å²) in [5, 5.41) is 6.98. The van der Waals surface area contributed by atoms with Gasteiger partial charge < -0.3 is 14.8 Å². The summed E-state index contributed by atoms with van der Waals surface area (Å²) in [5.41, 5.74) is 2.60. The summed E-state index contributed by atoms with van der Waals surface area (Å²) in [4.78, 5) is 18.7. The number of carbonyl (C=O) groups is 1. The van der Waals surface area contributed by atoms with Crippen LogP contribution in [-0.4, -0.2) is 27.5 Å². The van der Waals surface area contributed by atoms with Crippen molar-refractivity contribution in [2.24, 2.45) is 0 Å². The predicted octanol–water partition coefficient (Wildman–Crippen LogP) is 2.61. The molecule has 3 aromatic rings. The van der Waals surface area contributed by atoms with Gasteiger partial charge in [0.05, 0.1) is 11.0 Å². The Labute approximate surface area is 115 Å². The molecule has 2 N–H and O–H groups in total. The number of hydrogen-bond acceptors (Lipinski definition) is 5. The number of benzene rings is 1. The lowest BCUT2D eigenvalue weighted by atomic mass is 10.3. The summed E-state index contributed by atoms with van der Waals surface area (Å²) in [6.07, 6.45) is 1.99. The van der Waals surface area contributed by atoms with Crippen molar-refractivity contribution in [3.8, 4) is 11.4 Å². The number of Topliss-reactive ketones (excluding diaryl/α,β-unsaturated/α-hetero) is 1. The zero-order chi connectivity index (χ0) is 13.9. The highest BCUT2D eigenvalue weighted by molar-refractivity contribution is 5.81. The van der Waals surface area contributed by atoms with Gasteiger partial charge in [-0.2, -0.15) is 0 Å². The molecule has 20 heavy (non-hydrogen) atoms. The molecule has 6 heteroatoms. The van der Waals surface area contributed by atoms with Crippen LogP contribution in [0.25, 0.3) is 22.4 Å². The first-order chi connectivity index (χ1) is 9.74. The molecule has 0 aliphatic heterocycles. The fraction of sp³-hybridized carbons (Fsp3) is 0.214. The van der Waals surface area contributed by atoms with Crippen molar-refractivity contribution in [1.29, 1.82) is 0 Å². The third-order valence-corrected chi connectivity index (χ3v) is 2.98. The SMILES string of the molecule is CC(=O)CCNc1nocc1-c1nc2ccccc2[nH]1. The van der Waals surface area contributed by atoms with Gasteiger partial charge in [0.1, 0.15) is 23.4 Å². The van der Waals surface area contributed by atoms with Gasteiger partial charge >= 0.3 is 0 Å². The third-order valence-electron chi connectivity index (χ3n) is 2.98. The van der Waals surface area contributed by atoms with E-state index in [9.17, 15) is 4.79 Å². The highest BCUT2D eigenvalue weighted by atomic mass is 16.5. The number of para-hydroxylation sites is 2. The van der Waals surface area contributed by atoms with E-state index in [1.54, 1.807) is 6.92 Å². The minimum Gasteiger partial charge on any atom is -0.366 e. The minimum atomic E-state index is 0.131. The molecule has 0 atom stereocenters. The largest absolute Gasteiger partial charge is 0.366 e. The monoisotopic (exact) mass is 270 g/mol. The molecule has 0 bridgehead atoms. The number of nitrogens with one attached hydrogen (secondary N) is 2. The van der Waals surface area contributed by atoms with Crippen LogP contribution in [-0.2, 0) is 4.79 Å². The van der Waals surface area contributed by atoms with E-state index in [2.05, 4.69) is 20.4 Å². The third kappa shape index (κ3) is 2.40. The number of anilines is 1. The van der Waals surface area contributed by atoms with Crippen LogP contribution in [0.2, 0.25) is 0 Å². The Balaban J connectivity index is 1.86. The Bertz CT molecular complexity index is 711. The second kappa shape index (κ2) is 5.16. The minimum absolute atomic E-state index is 0.131. The van der Waals surface area contributed by atoms with Gasteiger partial charge in [-0.25, -0.2) is 4.98 Å². The van der Waals surface area contributed by atoms with Crippen LogP contribution in [0.4, 0.5) is 5.82 Å². The number of nitrogens with zero attached hydrogens (tertiary/aromatic N) is 2. The number of H-pyrrole nitrogens is 1. The molecule has 0 saturated carbocycles. The number of aromatic amines is 1. The average molecular weight is 270 g/mol. The van der Waals surface area contributed by atoms with Gasteiger partial charge in [-0.3, -0.25) is 4.79 Å². The molecule has 0 unspecified atom stereocenters. The van der Waals surface area contributed by atoms with Crippen LogP contribution in [0.3, 0.4) is 0 Å². The number of hydrogen-bond donors (Lipinski definition) is 2. The first-order valence-corrected chi connectivity index (χ1v) is 6.37. The molecule has 6 nitrogen and oxygen atoms in total. The quantitative estimate of drug-likeness (QED) is 0.744. The number of ketones is 1. The molecule has 0 aliphatic carbocycles. The zero-order valence-corrected chi connectivity index (χ0v) is 11.0. The van der Waals surface area contributed by atoms with Gasteiger partial charge in [0.2, 0.25) is 0 Å². The van der Waals surface area contributed by atoms with Crippen LogP contribution in [0, 0.1) is 0 Å². The first kappa shape index (κ1) is 12.4. The zero-order valence-electron chi connectivity index (χ0n) is 11.0. The molecular weight excluding hydrogens is 256 g/mol. The van der Waals surface area contributed by atoms with E-state index in [0.29, 0.717) is 24.6 Å². The van der Waals surface area contributed by atoms with Crippen LogP contribution < -0.4 is 5.32 Å². The Morgan fingerprint density at radius 3 is 3.05 bits per heavy atom. The number of rotatable bonds is 5. The predicted molar refractivity (Wildman–Crippen MR) is 75.4 cm³/mol. The number of aromatic nitrogens is 3. The highest BCUT2D eigenvalue weighted by Gasteiger charge is 2.13. The first-order valence-electron chi connectivity index (χ1n) is 6.37. The lowest BCUT2D eigenvalue weighted by Gasteiger charge is -2.01. The summed E-state index contributed by atoms with van der Waals surface area (Å²) in [7, 11) is 0. The lowest BCUT2D eigenvalue weighted by molar-refractivity contribution is -0.116. The van der Waals surface area contributed by atoms with E-state index in [4.69, 9.17) is 4.52 Å². The molecule has 102 valence electrons. The van der Waals surface area contributed by atoms with Crippen LogP contribution in [0.1, 0.15) is 13.3 Å². The topological polar surface area (TPSA) is 83.8 Å². The molecule has 0 radical (unpaired) electrons. The second-order valence-electron chi connectivity index (χ2n) is 4.56. The molecule has 0 saturated heterocycles. The standard InChI is InChI=1S/C14H14N4O2/c1-9(19)6-7-15-13-10(8-20-18-13)14-16-11-4-2-3-5-12(11)17-14/h2-5,8H,6-7H2,1H3,(H,15,18)(H,16,17). The van der Waals surface area contributed by atoms with Crippen molar-refractivity contribution in [2.75, 3.05) is 11.9 Å². The molecule has 0 fully saturated rings. The number of carbonyl (C=O) groups excluding carboxylic acids is 1. The lowest BCUT2D eigenvalue weighted by Crippen LogP contribution is -2.06. The van der Waals surface area contributed by atoms with Gasteiger partial charge in [-0.15, -0.1) is 0 Å². The molecule has 2 aromatic heterocycles. The summed E-state index contributed by atoms with van der Waals surface area (Å²) >= 11 is 0. The Hall–Kier alpha value is -2.63. The molecule has 0 aliphatic rings. The molecule has 0 amide bonds. The van der Waals surface area contributed by atoms with Crippen LogP contribution in [0.15, 0.2) is 35.1 Å². The Morgan fingerprint density at radius 1 is 1.40 bits per heavy atom. The van der Waals surface area contributed by atoms with Crippen molar-refractivity contribution in [3.63, 3.8) is 0 Å². The maximum Gasteiger partial charge on any atom is 0.180 e. The van der Waals surface area contributed by atoms with E-state index in [0.717, 1.165) is 16.6 Å². The molecule has 2 heterocycles. The van der Waals surface area contributed by atoms with Gasteiger partial charge in [-0.1, -0.05) is 17.3 Å². The molecule has 1 aromatic carbocycles. The van der Waals surface area contributed by atoms with Crippen LogP contribution >= 0.6 is 0 Å². The number of fused-ring (bicyclic) bond motifs is 1. The normalized spacial score (nSPS) is 10.8. The summed E-state index contributed by atoms with van der Waals surface area (Å²) in [5.74, 6) is 1.41. The summed E-state index contributed by atoms with van der Waals surface area (Å²) in [6, 6.07) is 7.78. The second-order valence-corrected chi connectivity index (χ2v) is 4.56. The maximum atomic E-state index is 10.9. The van der Waals surface area contributed by atoms with E-state index in [1.807, 2.05) is 24.3 Å². The van der Waals surface area contributed by atoms with Crippen molar-refractivity contribution in [2.45, 2.75) is 13.3 Å². The fourth-order valence-electron chi connectivity index (χ4n) is 1.97. The highest BCUT2D eigenvalue weighted by Crippen LogP contribution is 2.26. The average Bonchev–Trinajstić information content (AvgIpc) is 3.03. The van der Waals surface area contributed by atoms with Crippen molar-refractivity contribution in [1.82, 2.24) is 15.1 Å². The van der Waals surface area contributed by atoms with Gasteiger partial charge in [0.25, 0.3) is 0 Å². The summed E-state index contributed by atoms with van der Waals surface area (Å²) < 4.78 is 5.00. The van der Waals surface area contributed by atoms with Crippen molar-refractivity contribution >= 4 is 22.6 Å². The smallest absolute Gasteiger partial charge is 0.180 e.